The molecule has 1 aliphatic carbocycles. The highest BCUT2D eigenvalue weighted by atomic mass is 35.5. The number of carbonyl (C=O) groups excluding carboxylic acids is 2. The smallest absolute Gasteiger partial charge is 0.414 e. The van der Waals surface area contributed by atoms with Crippen molar-refractivity contribution in [3.63, 3.8) is 0 Å². The minimum atomic E-state index is -1.14. The maximum absolute atomic E-state index is 11.6. The first-order valence-corrected chi connectivity index (χ1v) is 7.46. The molecule has 6 nitrogen and oxygen atoms in total. The Labute approximate surface area is 128 Å². The fourth-order valence-electron chi connectivity index (χ4n) is 2.88. The minimum Gasteiger partial charge on any atom is -0.446 e. The largest absolute Gasteiger partial charge is 0.446 e. The van der Waals surface area contributed by atoms with Crippen molar-refractivity contribution in [2.24, 2.45) is 0 Å². The Morgan fingerprint density at radius 3 is 2.76 bits per heavy atom. The molecule has 118 valence electrons. The van der Waals surface area contributed by atoms with E-state index in [1.54, 1.807) is 0 Å². The lowest BCUT2D eigenvalue weighted by atomic mass is 9.70. The number of halogens is 1. The number of carbonyl (C=O) groups is 2. The van der Waals surface area contributed by atoms with Gasteiger partial charge in [0.25, 0.3) is 0 Å². The quantitative estimate of drug-likeness (QED) is 0.468. The van der Waals surface area contributed by atoms with E-state index < -0.39 is 29.3 Å². The second-order valence-electron chi connectivity index (χ2n) is 5.57. The molecule has 1 aliphatic heterocycles. The summed E-state index contributed by atoms with van der Waals surface area (Å²) in [4.78, 5) is 22.6. The van der Waals surface area contributed by atoms with E-state index in [1.165, 1.54) is 0 Å². The van der Waals surface area contributed by atoms with Gasteiger partial charge in [0.15, 0.2) is 0 Å². The molecule has 0 bridgehead atoms. The van der Waals surface area contributed by atoms with E-state index in [1.807, 2.05) is 25.2 Å². The number of alkyl carbamates (subject to hydrolysis) is 1. The molecular formula is C14H20ClNO5. The number of imide groups is 1. The maximum Gasteiger partial charge on any atom is 0.414 e. The number of hydrogen-bond donors (Lipinski definition) is 2. The van der Waals surface area contributed by atoms with Crippen molar-refractivity contribution in [2.45, 2.75) is 50.4 Å². The fraction of sp³-hybridized carbons (Fsp3) is 0.714. The van der Waals surface area contributed by atoms with Gasteiger partial charge >= 0.3 is 6.09 Å². The molecule has 0 aromatic carbocycles. The Morgan fingerprint density at radius 1 is 1.57 bits per heavy atom. The van der Waals surface area contributed by atoms with Crippen LogP contribution in [0.15, 0.2) is 11.6 Å². The zero-order chi connectivity index (χ0) is 15.7. The standard InChI is InChI=1S/C14H20ClNO5/c1-3-9(2)14(19)6-10(4-5-13(14)8-20-13)21-12(18)16-11(17)7-15/h3,10,19H,4-8H2,1-2H3,(H,16,17,18)/t10-,13+,14+/m1/s1. The fourth-order valence-corrected chi connectivity index (χ4v) is 2.94. The minimum absolute atomic E-state index is 0.256. The first-order chi connectivity index (χ1) is 9.87. The SMILES string of the molecule is CC=C(C)[C@@]1(O)C[C@H](OC(=O)NC(=O)CCl)CC[C@]12CO2. The zero-order valence-corrected chi connectivity index (χ0v) is 12.9. The number of amides is 2. The van der Waals surface area contributed by atoms with E-state index in [0.717, 1.165) is 5.57 Å². The first-order valence-electron chi connectivity index (χ1n) is 6.93. The molecular weight excluding hydrogens is 298 g/mol. The van der Waals surface area contributed by atoms with E-state index in [9.17, 15) is 14.7 Å². The molecule has 0 radical (unpaired) electrons. The third kappa shape index (κ3) is 3.07. The molecule has 1 spiro atoms. The summed E-state index contributed by atoms with van der Waals surface area (Å²) in [6.45, 7) is 4.20. The van der Waals surface area contributed by atoms with Gasteiger partial charge in [-0.05, 0) is 32.3 Å². The Morgan fingerprint density at radius 2 is 2.24 bits per heavy atom. The van der Waals surface area contributed by atoms with Crippen LogP contribution in [0.3, 0.4) is 0 Å². The molecule has 1 saturated heterocycles. The van der Waals surface area contributed by atoms with Gasteiger partial charge in [0.05, 0.1) is 6.61 Å². The van der Waals surface area contributed by atoms with Crippen LogP contribution in [0, 0.1) is 0 Å². The predicted octanol–water partition coefficient (Wildman–Crippen LogP) is 1.50. The Bertz CT molecular complexity index is 474. The van der Waals surface area contributed by atoms with Crippen molar-refractivity contribution in [2.75, 3.05) is 12.5 Å². The monoisotopic (exact) mass is 317 g/mol. The zero-order valence-electron chi connectivity index (χ0n) is 12.1. The molecule has 7 heteroatoms. The molecule has 2 amide bonds. The maximum atomic E-state index is 11.6. The van der Waals surface area contributed by atoms with Crippen molar-refractivity contribution < 1.29 is 24.2 Å². The highest BCUT2D eigenvalue weighted by molar-refractivity contribution is 6.28. The highest BCUT2D eigenvalue weighted by Gasteiger charge is 2.64. The van der Waals surface area contributed by atoms with Crippen molar-refractivity contribution in [1.82, 2.24) is 5.32 Å². The number of nitrogens with one attached hydrogen (secondary N) is 1. The lowest BCUT2D eigenvalue weighted by Gasteiger charge is -2.42. The number of rotatable bonds is 3. The van der Waals surface area contributed by atoms with E-state index in [2.05, 4.69) is 0 Å². The van der Waals surface area contributed by atoms with Crippen LogP contribution in [0.1, 0.15) is 33.1 Å². The average molecular weight is 318 g/mol. The van der Waals surface area contributed by atoms with Crippen LogP contribution in [-0.4, -0.2) is 46.9 Å². The molecule has 3 atom stereocenters. The van der Waals surface area contributed by atoms with Gasteiger partial charge in [-0.2, -0.15) is 0 Å². The van der Waals surface area contributed by atoms with Crippen LogP contribution in [0.25, 0.3) is 0 Å². The first kappa shape index (κ1) is 16.3. The van der Waals surface area contributed by atoms with Crippen LogP contribution in [0.4, 0.5) is 4.79 Å². The van der Waals surface area contributed by atoms with Crippen molar-refractivity contribution in [3.8, 4) is 0 Å². The molecule has 1 saturated carbocycles. The van der Waals surface area contributed by atoms with Crippen LogP contribution in [0.2, 0.25) is 0 Å². The van der Waals surface area contributed by atoms with Crippen LogP contribution in [0.5, 0.6) is 0 Å². The third-order valence-electron chi connectivity index (χ3n) is 4.36. The Balaban J connectivity index is 2.02. The number of ether oxygens (including phenoxy) is 2. The Kier molecular flexibility index (Phi) is 4.60. The number of aliphatic hydroxyl groups is 1. The summed E-state index contributed by atoms with van der Waals surface area (Å²) in [6, 6.07) is 0. The summed E-state index contributed by atoms with van der Waals surface area (Å²) < 4.78 is 10.7. The van der Waals surface area contributed by atoms with E-state index in [0.29, 0.717) is 19.4 Å². The van der Waals surface area contributed by atoms with Gasteiger partial charge in [0, 0.05) is 6.42 Å². The number of hydrogen-bond acceptors (Lipinski definition) is 5. The summed E-state index contributed by atoms with van der Waals surface area (Å²) in [6.07, 6.45) is 1.98. The molecule has 0 aromatic heterocycles. The van der Waals surface area contributed by atoms with Gasteiger partial charge in [-0.15, -0.1) is 11.6 Å². The summed E-state index contributed by atoms with van der Waals surface area (Å²) in [5, 5.41) is 13.0. The molecule has 0 aromatic rings. The van der Waals surface area contributed by atoms with Crippen molar-refractivity contribution >= 4 is 23.6 Å². The van der Waals surface area contributed by atoms with E-state index in [-0.39, 0.29) is 12.3 Å². The molecule has 2 fully saturated rings. The molecule has 1 heterocycles. The number of alkyl halides is 1. The Hall–Kier alpha value is -1.11. The number of epoxide rings is 1. The van der Waals surface area contributed by atoms with Gasteiger partial charge in [-0.3, -0.25) is 10.1 Å². The van der Waals surface area contributed by atoms with Gasteiger partial charge in [-0.1, -0.05) is 6.08 Å². The summed E-state index contributed by atoms with van der Waals surface area (Å²) >= 11 is 5.31. The van der Waals surface area contributed by atoms with Gasteiger partial charge in [0.1, 0.15) is 23.2 Å². The number of allylic oxidation sites excluding steroid dienone is 1. The topological polar surface area (TPSA) is 88.2 Å². The third-order valence-corrected chi connectivity index (χ3v) is 4.60. The normalized spacial score (nSPS) is 35.4. The predicted molar refractivity (Wildman–Crippen MR) is 76.0 cm³/mol. The molecule has 2 N–H and O–H groups in total. The van der Waals surface area contributed by atoms with E-state index in [4.69, 9.17) is 21.1 Å². The second kappa shape index (κ2) is 5.94. The lowest BCUT2D eigenvalue weighted by Crippen LogP contribution is -2.53. The molecule has 21 heavy (non-hydrogen) atoms. The van der Waals surface area contributed by atoms with Gasteiger partial charge < -0.3 is 14.6 Å². The van der Waals surface area contributed by atoms with Gasteiger partial charge in [-0.25, -0.2) is 4.79 Å². The van der Waals surface area contributed by atoms with Crippen LogP contribution >= 0.6 is 11.6 Å². The van der Waals surface area contributed by atoms with E-state index >= 15 is 0 Å². The summed E-state index contributed by atoms with van der Waals surface area (Å²) in [5.41, 5.74) is -0.890. The summed E-state index contributed by atoms with van der Waals surface area (Å²) in [7, 11) is 0. The second-order valence-corrected chi connectivity index (χ2v) is 5.83. The molecule has 2 rings (SSSR count). The van der Waals surface area contributed by atoms with Crippen molar-refractivity contribution in [1.29, 1.82) is 0 Å². The van der Waals surface area contributed by atoms with Crippen LogP contribution in [-0.2, 0) is 14.3 Å². The van der Waals surface area contributed by atoms with Gasteiger partial charge in [0.2, 0.25) is 5.91 Å². The average Bonchev–Trinajstić information content (AvgIpc) is 3.23. The van der Waals surface area contributed by atoms with Crippen LogP contribution < -0.4 is 5.32 Å². The molecule has 2 aliphatic rings. The lowest BCUT2D eigenvalue weighted by molar-refractivity contribution is -0.118. The highest BCUT2D eigenvalue weighted by Crippen LogP contribution is 2.52. The summed E-state index contributed by atoms with van der Waals surface area (Å²) in [5.74, 6) is -0.919. The molecule has 0 unspecified atom stereocenters. The van der Waals surface area contributed by atoms with Crippen molar-refractivity contribution in [3.05, 3.63) is 11.6 Å².